The Kier molecular flexibility index (Phi) is 4.26. The predicted molar refractivity (Wildman–Crippen MR) is 77.4 cm³/mol. The highest BCUT2D eigenvalue weighted by Gasteiger charge is 2.29. The zero-order chi connectivity index (χ0) is 15.6. The molecule has 0 unspecified atom stereocenters. The number of carboxylic acid groups (broad SMARTS) is 1. The van der Waals surface area contributed by atoms with Crippen LogP contribution in [0.5, 0.6) is 0 Å². The molecule has 0 amide bonds. The van der Waals surface area contributed by atoms with Gasteiger partial charge in [0, 0.05) is 0 Å². The van der Waals surface area contributed by atoms with Gasteiger partial charge in [0.05, 0.1) is 11.0 Å². The van der Waals surface area contributed by atoms with Crippen molar-refractivity contribution in [2.24, 2.45) is 0 Å². The fourth-order valence-electron chi connectivity index (χ4n) is 1.92. The van der Waals surface area contributed by atoms with Crippen molar-refractivity contribution in [3.63, 3.8) is 0 Å². The standard InChI is InChI=1S/C14H15NO5S/c1-9(16)13(14(17)18)15-21(19,20)12-7-6-10-4-2-3-5-11(10)8-12/h2-9,13,15-16H,1H3,(H,17,18)/t9-,13+/m0/s1. The molecule has 21 heavy (non-hydrogen) atoms. The van der Waals surface area contributed by atoms with Crippen LogP contribution in [0.4, 0.5) is 0 Å². The van der Waals surface area contributed by atoms with Crippen LogP contribution in [0.2, 0.25) is 0 Å². The lowest BCUT2D eigenvalue weighted by Gasteiger charge is -2.17. The minimum absolute atomic E-state index is 0.0481. The summed E-state index contributed by atoms with van der Waals surface area (Å²) < 4.78 is 26.4. The fraction of sp³-hybridized carbons (Fsp3) is 0.214. The summed E-state index contributed by atoms with van der Waals surface area (Å²) in [6, 6.07) is 10.1. The van der Waals surface area contributed by atoms with Crippen molar-refractivity contribution in [2.45, 2.75) is 24.0 Å². The average Bonchev–Trinajstić information content (AvgIpc) is 2.43. The third kappa shape index (κ3) is 3.38. The third-order valence-corrected chi connectivity index (χ3v) is 4.50. The summed E-state index contributed by atoms with van der Waals surface area (Å²) >= 11 is 0. The molecule has 0 radical (unpaired) electrons. The van der Waals surface area contributed by atoms with E-state index < -0.39 is 28.1 Å². The highest BCUT2D eigenvalue weighted by atomic mass is 32.2. The molecule has 112 valence electrons. The summed E-state index contributed by atoms with van der Waals surface area (Å²) in [5.74, 6) is -1.44. The van der Waals surface area contributed by atoms with Crippen molar-refractivity contribution in [2.75, 3.05) is 0 Å². The average molecular weight is 309 g/mol. The van der Waals surface area contributed by atoms with Crippen LogP contribution in [0.3, 0.4) is 0 Å². The number of aliphatic hydroxyl groups excluding tert-OH is 1. The number of aliphatic carboxylic acids is 1. The van der Waals surface area contributed by atoms with Crippen LogP contribution >= 0.6 is 0 Å². The van der Waals surface area contributed by atoms with Crippen LogP contribution in [0.25, 0.3) is 10.8 Å². The van der Waals surface area contributed by atoms with Gasteiger partial charge >= 0.3 is 5.97 Å². The van der Waals surface area contributed by atoms with Gasteiger partial charge in [0.2, 0.25) is 10.0 Å². The second kappa shape index (κ2) is 5.80. The largest absolute Gasteiger partial charge is 0.480 e. The quantitative estimate of drug-likeness (QED) is 0.763. The molecule has 0 aliphatic rings. The molecule has 0 fully saturated rings. The van der Waals surface area contributed by atoms with Crippen molar-refractivity contribution in [3.05, 3.63) is 42.5 Å². The van der Waals surface area contributed by atoms with Gasteiger partial charge in [-0.1, -0.05) is 30.3 Å². The number of aliphatic hydroxyl groups is 1. The Hall–Kier alpha value is -1.96. The summed E-state index contributed by atoms with van der Waals surface area (Å²) in [5, 5.41) is 19.9. The maximum Gasteiger partial charge on any atom is 0.324 e. The van der Waals surface area contributed by atoms with Gasteiger partial charge in [0.15, 0.2) is 0 Å². The second-order valence-electron chi connectivity index (χ2n) is 4.69. The van der Waals surface area contributed by atoms with Gasteiger partial charge in [-0.05, 0) is 29.8 Å². The summed E-state index contributed by atoms with van der Waals surface area (Å²) in [6.45, 7) is 1.21. The molecule has 0 saturated heterocycles. The van der Waals surface area contributed by atoms with Crippen LogP contribution in [-0.4, -0.2) is 36.7 Å². The number of fused-ring (bicyclic) bond motifs is 1. The van der Waals surface area contributed by atoms with E-state index in [1.54, 1.807) is 18.2 Å². The van der Waals surface area contributed by atoms with Crippen molar-refractivity contribution in [1.82, 2.24) is 4.72 Å². The van der Waals surface area contributed by atoms with E-state index in [0.717, 1.165) is 10.8 Å². The minimum Gasteiger partial charge on any atom is -0.480 e. The van der Waals surface area contributed by atoms with E-state index in [1.807, 2.05) is 16.9 Å². The molecule has 2 atom stereocenters. The van der Waals surface area contributed by atoms with E-state index in [-0.39, 0.29) is 4.90 Å². The lowest BCUT2D eigenvalue weighted by Crippen LogP contribution is -2.47. The zero-order valence-electron chi connectivity index (χ0n) is 11.2. The Labute approximate surface area is 122 Å². The van der Waals surface area contributed by atoms with Crippen molar-refractivity contribution in [3.8, 4) is 0 Å². The van der Waals surface area contributed by atoms with Crippen molar-refractivity contribution >= 4 is 26.8 Å². The van der Waals surface area contributed by atoms with Gasteiger partial charge < -0.3 is 10.2 Å². The molecule has 0 spiro atoms. The molecule has 2 aromatic carbocycles. The molecular weight excluding hydrogens is 294 g/mol. The number of hydrogen-bond acceptors (Lipinski definition) is 4. The van der Waals surface area contributed by atoms with Gasteiger partial charge in [-0.25, -0.2) is 8.42 Å². The predicted octanol–water partition coefficient (Wildman–Crippen LogP) is 0.952. The molecule has 3 N–H and O–H groups in total. The number of nitrogens with one attached hydrogen (secondary N) is 1. The molecule has 2 rings (SSSR count). The molecule has 0 aliphatic heterocycles. The molecule has 2 aromatic rings. The molecule has 0 bridgehead atoms. The molecule has 0 aliphatic carbocycles. The molecule has 6 nitrogen and oxygen atoms in total. The van der Waals surface area contributed by atoms with Gasteiger partial charge in [0.1, 0.15) is 6.04 Å². The molecule has 0 heterocycles. The Morgan fingerprint density at radius 3 is 2.33 bits per heavy atom. The van der Waals surface area contributed by atoms with Crippen LogP contribution < -0.4 is 4.72 Å². The Morgan fingerprint density at radius 2 is 1.76 bits per heavy atom. The number of rotatable bonds is 5. The lowest BCUT2D eigenvalue weighted by atomic mass is 10.1. The number of carbonyl (C=O) groups is 1. The SMILES string of the molecule is C[C@H](O)[C@@H](NS(=O)(=O)c1ccc2ccccc2c1)C(=O)O. The monoisotopic (exact) mass is 309 g/mol. The van der Waals surface area contributed by atoms with Gasteiger partial charge in [0.25, 0.3) is 0 Å². The Morgan fingerprint density at radius 1 is 1.14 bits per heavy atom. The highest BCUT2D eigenvalue weighted by molar-refractivity contribution is 7.89. The molecule has 0 saturated carbocycles. The van der Waals surface area contributed by atoms with Gasteiger partial charge in [-0.3, -0.25) is 4.79 Å². The van der Waals surface area contributed by atoms with E-state index in [0.29, 0.717) is 0 Å². The van der Waals surface area contributed by atoms with Crippen molar-refractivity contribution < 1.29 is 23.4 Å². The van der Waals surface area contributed by atoms with E-state index in [4.69, 9.17) is 5.11 Å². The van der Waals surface area contributed by atoms with Crippen LogP contribution in [0.15, 0.2) is 47.4 Å². The third-order valence-electron chi connectivity index (χ3n) is 3.06. The minimum atomic E-state index is -4.03. The zero-order valence-corrected chi connectivity index (χ0v) is 12.0. The van der Waals surface area contributed by atoms with Crippen LogP contribution in [0, 0.1) is 0 Å². The maximum atomic E-state index is 12.2. The smallest absolute Gasteiger partial charge is 0.324 e. The first kappa shape index (κ1) is 15.4. The van der Waals surface area contributed by atoms with E-state index in [2.05, 4.69) is 0 Å². The Balaban J connectivity index is 2.39. The highest BCUT2D eigenvalue weighted by Crippen LogP contribution is 2.19. The number of hydrogen-bond donors (Lipinski definition) is 3. The molecular formula is C14H15NO5S. The molecule has 0 aromatic heterocycles. The number of sulfonamides is 1. The number of carboxylic acids is 1. The summed E-state index contributed by atoms with van der Waals surface area (Å²) in [7, 11) is -4.03. The fourth-order valence-corrected chi connectivity index (χ4v) is 3.22. The van der Waals surface area contributed by atoms with Gasteiger partial charge in [-0.15, -0.1) is 0 Å². The first-order valence-corrected chi connectivity index (χ1v) is 7.71. The second-order valence-corrected chi connectivity index (χ2v) is 6.40. The van der Waals surface area contributed by atoms with Gasteiger partial charge in [-0.2, -0.15) is 4.72 Å². The van der Waals surface area contributed by atoms with E-state index in [9.17, 15) is 18.3 Å². The summed E-state index contributed by atoms with van der Waals surface area (Å²) in [5.41, 5.74) is 0. The van der Waals surface area contributed by atoms with E-state index in [1.165, 1.54) is 19.1 Å². The topological polar surface area (TPSA) is 104 Å². The number of benzene rings is 2. The normalized spacial score (nSPS) is 14.8. The van der Waals surface area contributed by atoms with Crippen molar-refractivity contribution in [1.29, 1.82) is 0 Å². The van der Waals surface area contributed by atoms with Crippen LogP contribution in [0.1, 0.15) is 6.92 Å². The maximum absolute atomic E-state index is 12.2. The van der Waals surface area contributed by atoms with Crippen LogP contribution in [-0.2, 0) is 14.8 Å². The lowest BCUT2D eigenvalue weighted by molar-refractivity contribution is -0.141. The first-order chi connectivity index (χ1) is 9.81. The van der Waals surface area contributed by atoms with E-state index >= 15 is 0 Å². The first-order valence-electron chi connectivity index (χ1n) is 6.23. The Bertz CT molecular complexity index is 770. The molecule has 7 heteroatoms. The summed E-state index contributed by atoms with van der Waals surface area (Å²) in [4.78, 5) is 10.9. The summed E-state index contributed by atoms with van der Waals surface area (Å²) in [6.07, 6.45) is -1.35.